The lowest BCUT2D eigenvalue weighted by Crippen LogP contribution is -2.30. The Morgan fingerprint density at radius 1 is 1.58 bits per heavy atom. The van der Waals surface area contributed by atoms with Crippen LogP contribution in [0.2, 0.25) is 0 Å². The summed E-state index contributed by atoms with van der Waals surface area (Å²) in [5.74, 6) is 1.14. The Bertz CT molecular complexity index is 252. The standard InChI is InChI=1S/C11H16O/c1-8-5-6-11(2)9(7-8)3-4-10(11)12/h5,9H,3-4,6-7H2,1-2H3. The summed E-state index contributed by atoms with van der Waals surface area (Å²) in [4.78, 5) is 11.6. The van der Waals surface area contributed by atoms with Gasteiger partial charge in [-0.1, -0.05) is 18.6 Å². The van der Waals surface area contributed by atoms with Gasteiger partial charge in [0.05, 0.1) is 0 Å². The van der Waals surface area contributed by atoms with Gasteiger partial charge in [-0.3, -0.25) is 4.79 Å². The largest absolute Gasteiger partial charge is 0.299 e. The molecule has 2 unspecified atom stereocenters. The SMILES string of the molecule is CC1=CCC2(C)C(=O)CCC2C1. The van der Waals surface area contributed by atoms with Crippen molar-refractivity contribution in [2.24, 2.45) is 11.3 Å². The summed E-state index contributed by atoms with van der Waals surface area (Å²) >= 11 is 0. The molecule has 0 amide bonds. The smallest absolute Gasteiger partial charge is 0.139 e. The maximum absolute atomic E-state index is 11.6. The van der Waals surface area contributed by atoms with Crippen molar-refractivity contribution in [2.75, 3.05) is 0 Å². The van der Waals surface area contributed by atoms with Gasteiger partial charge in [-0.2, -0.15) is 0 Å². The Labute approximate surface area is 73.8 Å². The molecular weight excluding hydrogens is 148 g/mol. The molecule has 0 aromatic heterocycles. The summed E-state index contributed by atoms with van der Waals surface area (Å²) in [6.45, 7) is 4.33. The van der Waals surface area contributed by atoms with E-state index < -0.39 is 0 Å². The number of fused-ring (bicyclic) bond motifs is 1. The number of carbonyl (C=O) groups excluding carboxylic acids is 1. The van der Waals surface area contributed by atoms with E-state index in [-0.39, 0.29) is 5.41 Å². The van der Waals surface area contributed by atoms with Crippen molar-refractivity contribution in [3.63, 3.8) is 0 Å². The van der Waals surface area contributed by atoms with Crippen LogP contribution in [0.25, 0.3) is 0 Å². The molecule has 2 aliphatic carbocycles. The Balaban J connectivity index is 2.30. The van der Waals surface area contributed by atoms with E-state index in [4.69, 9.17) is 0 Å². The summed E-state index contributed by atoms with van der Waals surface area (Å²) < 4.78 is 0. The predicted octanol–water partition coefficient (Wildman–Crippen LogP) is 2.71. The van der Waals surface area contributed by atoms with E-state index in [9.17, 15) is 4.79 Å². The van der Waals surface area contributed by atoms with Gasteiger partial charge in [-0.25, -0.2) is 0 Å². The molecule has 0 heterocycles. The van der Waals surface area contributed by atoms with Gasteiger partial charge in [0.1, 0.15) is 5.78 Å². The first kappa shape index (κ1) is 8.03. The zero-order chi connectivity index (χ0) is 8.77. The summed E-state index contributed by atoms with van der Waals surface area (Å²) in [6, 6.07) is 0. The van der Waals surface area contributed by atoms with E-state index in [1.165, 1.54) is 5.57 Å². The van der Waals surface area contributed by atoms with Gasteiger partial charge in [0.25, 0.3) is 0 Å². The van der Waals surface area contributed by atoms with Crippen molar-refractivity contribution in [3.8, 4) is 0 Å². The van der Waals surface area contributed by atoms with Crippen molar-refractivity contribution in [1.82, 2.24) is 0 Å². The lowest BCUT2D eigenvalue weighted by atomic mass is 9.70. The maximum atomic E-state index is 11.6. The second-order valence-corrected chi connectivity index (χ2v) is 4.53. The molecule has 12 heavy (non-hydrogen) atoms. The maximum Gasteiger partial charge on any atom is 0.139 e. The molecule has 0 radical (unpaired) electrons. The molecule has 1 heteroatoms. The Hall–Kier alpha value is -0.590. The van der Waals surface area contributed by atoms with Crippen LogP contribution in [-0.2, 0) is 4.79 Å². The summed E-state index contributed by atoms with van der Waals surface area (Å²) in [5.41, 5.74) is 1.49. The molecule has 66 valence electrons. The van der Waals surface area contributed by atoms with Gasteiger partial charge >= 0.3 is 0 Å². The van der Waals surface area contributed by atoms with Crippen LogP contribution in [0, 0.1) is 11.3 Å². The quantitative estimate of drug-likeness (QED) is 0.503. The average Bonchev–Trinajstić information content (AvgIpc) is 2.31. The van der Waals surface area contributed by atoms with Crippen LogP contribution in [-0.4, -0.2) is 5.78 Å². The molecule has 0 aromatic rings. The minimum atomic E-state index is 0.0134. The molecule has 0 aromatic carbocycles. The summed E-state index contributed by atoms with van der Waals surface area (Å²) in [7, 11) is 0. The zero-order valence-electron chi connectivity index (χ0n) is 7.89. The van der Waals surface area contributed by atoms with Crippen LogP contribution >= 0.6 is 0 Å². The van der Waals surface area contributed by atoms with Crippen molar-refractivity contribution in [3.05, 3.63) is 11.6 Å². The molecule has 1 nitrogen and oxygen atoms in total. The molecule has 1 fully saturated rings. The minimum absolute atomic E-state index is 0.0134. The van der Waals surface area contributed by atoms with Gasteiger partial charge in [0.2, 0.25) is 0 Å². The van der Waals surface area contributed by atoms with E-state index in [2.05, 4.69) is 19.9 Å². The Morgan fingerprint density at radius 3 is 3.08 bits per heavy atom. The number of hydrogen-bond donors (Lipinski definition) is 0. The van der Waals surface area contributed by atoms with E-state index in [1.807, 2.05) is 0 Å². The number of hydrogen-bond acceptors (Lipinski definition) is 1. The number of carbonyl (C=O) groups is 1. The van der Waals surface area contributed by atoms with Gasteiger partial charge in [0.15, 0.2) is 0 Å². The van der Waals surface area contributed by atoms with Crippen molar-refractivity contribution in [2.45, 2.75) is 39.5 Å². The highest BCUT2D eigenvalue weighted by atomic mass is 16.1. The molecule has 2 rings (SSSR count). The molecule has 0 bridgehead atoms. The molecule has 2 atom stereocenters. The third kappa shape index (κ3) is 0.954. The first-order chi connectivity index (χ1) is 5.63. The van der Waals surface area contributed by atoms with Crippen LogP contribution in [0.5, 0.6) is 0 Å². The van der Waals surface area contributed by atoms with Crippen LogP contribution in [0.4, 0.5) is 0 Å². The first-order valence-electron chi connectivity index (χ1n) is 4.82. The van der Waals surface area contributed by atoms with Crippen molar-refractivity contribution < 1.29 is 4.79 Å². The minimum Gasteiger partial charge on any atom is -0.299 e. The average molecular weight is 164 g/mol. The van der Waals surface area contributed by atoms with Gasteiger partial charge in [0, 0.05) is 11.8 Å². The topological polar surface area (TPSA) is 17.1 Å². The Kier molecular flexibility index (Phi) is 1.64. The molecule has 0 aliphatic heterocycles. The monoisotopic (exact) mass is 164 g/mol. The molecule has 2 aliphatic rings. The molecule has 0 spiro atoms. The van der Waals surface area contributed by atoms with Crippen LogP contribution in [0.1, 0.15) is 39.5 Å². The third-order valence-corrected chi connectivity index (χ3v) is 3.70. The van der Waals surface area contributed by atoms with Crippen molar-refractivity contribution >= 4 is 5.78 Å². The zero-order valence-corrected chi connectivity index (χ0v) is 7.89. The Morgan fingerprint density at radius 2 is 2.33 bits per heavy atom. The molecule has 1 saturated carbocycles. The number of ketones is 1. The van der Waals surface area contributed by atoms with Gasteiger partial charge < -0.3 is 0 Å². The third-order valence-electron chi connectivity index (χ3n) is 3.70. The lowest BCUT2D eigenvalue weighted by Gasteiger charge is -2.33. The van der Waals surface area contributed by atoms with E-state index in [0.717, 1.165) is 25.7 Å². The first-order valence-corrected chi connectivity index (χ1v) is 4.82. The lowest BCUT2D eigenvalue weighted by molar-refractivity contribution is -0.126. The highest BCUT2D eigenvalue weighted by Gasteiger charge is 2.46. The molecular formula is C11H16O. The predicted molar refractivity (Wildman–Crippen MR) is 48.8 cm³/mol. The van der Waals surface area contributed by atoms with Crippen molar-refractivity contribution in [1.29, 1.82) is 0 Å². The fourth-order valence-corrected chi connectivity index (χ4v) is 2.60. The van der Waals surface area contributed by atoms with Crippen LogP contribution in [0.15, 0.2) is 11.6 Å². The van der Waals surface area contributed by atoms with Gasteiger partial charge in [-0.05, 0) is 32.1 Å². The van der Waals surface area contributed by atoms with E-state index in [1.54, 1.807) is 0 Å². The fourth-order valence-electron chi connectivity index (χ4n) is 2.60. The van der Waals surface area contributed by atoms with Crippen LogP contribution in [0.3, 0.4) is 0 Å². The number of rotatable bonds is 0. The normalized spacial score (nSPS) is 41.0. The summed E-state index contributed by atoms with van der Waals surface area (Å²) in [6.07, 6.45) is 6.34. The highest BCUT2D eigenvalue weighted by molar-refractivity contribution is 5.87. The highest BCUT2D eigenvalue weighted by Crippen LogP contribution is 2.48. The second-order valence-electron chi connectivity index (χ2n) is 4.53. The molecule has 0 N–H and O–H groups in total. The number of allylic oxidation sites excluding steroid dienone is 2. The second kappa shape index (κ2) is 2.45. The van der Waals surface area contributed by atoms with E-state index in [0.29, 0.717) is 11.7 Å². The summed E-state index contributed by atoms with van der Waals surface area (Å²) in [5, 5.41) is 0. The fraction of sp³-hybridized carbons (Fsp3) is 0.727. The number of Topliss-reactive ketones (excluding diaryl/α,β-unsaturated/α-hetero) is 1. The molecule has 0 saturated heterocycles. The van der Waals surface area contributed by atoms with Crippen LogP contribution < -0.4 is 0 Å². The van der Waals surface area contributed by atoms with Gasteiger partial charge in [-0.15, -0.1) is 0 Å². The van der Waals surface area contributed by atoms with E-state index >= 15 is 0 Å².